The normalized spacial score (nSPS) is 16.7. The Balaban J connectivity index is 1.34. The first-order valence-electron chi connectivity index (χ1n) is 11.5. The van der Waals surface area contributed by atoms with Gasteiger partial charge in [0.25, 0.3) is 0 Å². The maximum atomic E-state index is 6.14. The molecular formula is C27H32N2O3. The molecule has 168 valence electrons. The summed E-state index contributed by atoms with van der Waals surface area (Å²) in [4.78, 5) is 4.60. The van der Waals surface area contributed by atoms with Gasteiger partial charge < -0.3 is 13.9 Å². The second kappa shape index (κ2) is 8.64. The molecular weight excluding hydrogens is 400 g/mol. The van der Waals surface area contributed by atoms with Gasteiger partial charge in [-0.15, -0.1) is 0 Å². The molecule has 0 saturated carbocycles. The molecule has 0 spiro atoms. The molecule has 0 amide bonds. The van der Waals surface area contributed by atoms with E-state index >= 15 is 0 Å². The quantitative estimate of drug-likeness (QED) is 0.513. The van der Waals surface area contributed by atoms with Crippen molar-refractivity contribution < 1.29 is 13.9 Å². The van der Waals surface area contributed by atoms with Gasteiger partial charge in [0, 0.05) is 36.2 Å². The predicted octanol–water partition coefficient (Wildman–Crippen LogP) is 5.52. The first-order chi connectivity index (χ1) is 15.5. The summed E-state index contributed by atoms with van der Waals surface area (Å²) in [5.74, 6) is 2.96. The highest BCUT2D eigenvalue weighted by Gasteiger charge is 2.28. The van der Waals surface area contributed by atoms with Crippen LogP contribution in [0.25, 0.3) is 0 Å². The molecule has 5 heteroatoms. The summed E-state index contributed by atoms with van der Waals surface area (Å²) in [6, 6.07) is 17.3. The predicted molar refractivity (Wildman–Crippen MR) is 125 cm³/mol. The Labute approximate surface area is 190 Å². The van der Waals surface area contributed by atoms with Gasteiger partial charge in [-0.2, -0.15) is 0 Å². The standard InChI is InChI=1S/C27H32N2O3/c1-4-11-28-15-20-7-9-22(13-25(20)31-18-28)27(2,3)23-10-8-21-16-29(19-32-26(21)14-23)17-24-6-5-12-30-24/h5-10,12-14H,4,11,15-19H2,1-3H3. The van der Waals surface area contributed by atoms with Gasteiger partial charge in [0.2, 0.25) is 0 Å². The summed E-state index contributed by atoms with van der Waals surface area (Å²) >= 11 is 0. The van der Waals surface area contributed by atoms with Crippen molar-refractivity contribution in [2.75, 3.05) is 20.0 Å². The third kappa shape index (κ3) is 4.15. The van der Waals surface area contributed by atoms with Crippen LogP contribution >= 0.6 is 0 Å². The van der Waals surface area contributed by atoms with E-state index in [1.807, 2.05) is 12.1 Å². The lowest BCUT2D eigenvalue weighted by Crippen LogP contribution is -2.33. The average molecular weight is 433 g/mol. The van der Waals surface area contributed by atoms with Crippen molar-refractivity contribution in [2.24, 2.45) is 0 Å². The first kappa shape index (κ1) is 21.1. The van der Waals surface area contributed by atoms with E-state index in [2.05, 4.69) is 67.0 Å². The summed E-state index contributed by atoms with van der Waals surface area (Å²) < 4.78 is 17.7. The Morgan fingerprint density at radius 2 is 1.47 bits per heavy atom. The van der Waals surface area contributed by atoms with Crippen LogP contribution in [0.3, 0.4) is 0 Å². The molecule has 2 aromatic carbocycles. The average Bonchev–Trinajstić information content (AvgIpc) is 3.31. The van der Waals surface area contributed by atoms with Gasteiger partial charge in [0.15, 0.2) is 0 Å². The van der Waals surface area contributed by atoms with Crippen LogP contribution in [0.4, 0.5) is 0 Å². The smallest absolute Gasteiger partial charge is 0.142 e. The Hall–Kier alpha value is -2.76. The molecule has 5 rings (SSSR count). The summed E-state index contributed by atoms with van der Waals surface area (Å²) in [5.41, 5.74) is 4.85. The van der Waals surface area contributed by atoms with Crippen LogP contribution < -0.4 is 9.47 Å². The highest BCUT2D eigenvalue weighted by Crippen LogP contribution is 2.38. The van der Waals surface area contributed by atoms with Crippen molar-refractivity contribution in [1.29, 1.82) is 0 Å². The van der Waals surface area contributed by atoms with Gasteiger partial charge >= 0.3 is 0 Å². The number of fused-ring (bicyclic) bond motifs is 2. The second-order valence-electron chi connectivity index (χ2n) is 9.44. The molecule has 5 nitrogen and oxygen atoms in total. The largest absolute Gasteiger partial charge is 0.478 e. The second-order valence-corrected chi connectivity index (χ2v) is 9.44. The minimum atomic E-state index is -0.150. The van der Waals surface area contributed by atoms with Gasteiger partial charge in [0.1, 0.15) is 30.7 Å². The zero-order valence-electron chi connectivity index (χ0n) is 19.3. The van der Waals surface area contributed by atoms with Crippen molar-refractivity contribution in [3.63, 3.8) is 0 Å². The number of ether oxygens (including phenoxy) is 2. The minimum absolute atomic E-state index is 0.150. The van der Waals surface area contributed by atoms with Crippen LogP contribution in [0.2, 0.25) is 0 Å². The number of benzene rings is 2. The van der Waals surface area contributed by atoms with Gasteiger partial charge in [-0.05, 0) is 41.8 Å². The zero-order valence-corrected chi connectivity index (χ0v) is 19.3. The molecule has 0 unspecified atom stereocenters. The molecule has 2 aliphatic rings. The van der Waals surface area contributed by atoms with E-state index in [4.69, 9.17) is 13.9 Å². The Kier molecular flexibility index (Phi) is 5.70. The summed E-state index contributed by atoms with van der Waals surface area (Å²) in [7, 11) is 0. The van der Waals surface area contributed by atoms with Gasteiger partial charge in [-0.25, -0.2) is 0 Å². The number of nitrogens with zero attached hydrogens (tertiary/aromatic N) is 2. The Morgan fingerprint density at radius 3 is 2.06 bits per heavy atom. The van der Waals surface area contributed by atoms with E-state index < -0.39 is 0 Å². The van der Waals surface area contributed by atoms with Gasteiger partial charge in [-0.3, -0.25) is 9.80 Å². The van der Waals surface area contributed by atoms with Gasteiger partial charge in [-0.1, -0.05) is 45.0 Å². The number of rotatable bonds is 6. The van der Waals surface area contributed by atoms with Gasteiger partial charge in [0.05, 0.1) is 12.8 Å². The van der Waals surface area contributed by atoms with Crippen LogP contribution in [0, 0.1) is 0 Å². The molecule has 0 saturated heterocycles. The van der Waals surface area contributed by atoms with Crippen molar-refractivity contribution in [2.45, 2.75) is 52.2 Å². The number of furan rings is 1. The third-order valence-electron chi connectivity index (χ3n) is 6.67. The molecule has 1 aromatic heterocycles. The monoisotopic (exact) mass is 432 g/mol. The molecule has 0 fully saturated rings. The highest BCUT2D eigenvalue weighted by atomic mass is 16.5. The fraction of sp³-hybridized carbons (Fsp3) is 0.407. The van der Waals surface area contributed by atoms with Crippen LogP contribution in [0.5, 0.6) is 11.5 Å². The summed E-state index contributed by atoms with van der Waals surface area (Å²) in [5, 5.41) is 0. The van der Waals surface area contributed by atoms with Crippen LogP contribution in [0.15, 0.2) is 59.2 Å². The lowest BCUT2D eigenvalue weighted by molar-refractivity contribution is 0.0822. The molecule has 3 heterocycles. The minimum Gasteiger partial charge on any atom is -0.478 e. The van der Waals surface area contributed by atoms with Crippen molar-refractivity contribution in [3.8, 4) is 11.5 Å². The zero-order chi connectivity index (χ0) is 22.1. The van der Waals surface area contributed by atoms with E-state index in [0.717, 1.165) is 49.9 Å². The Morgan fingerprint density at radius 1 is 0.844 bits per heavy atom. The Bertz CT molecular complexity index is 1070. The third-order valence-corrected chi connectivity index (χ3v) is 6.67. The number of hydrogen-bond donors (Lipinski definition) is 0. The molecule has 3 aromatic rings. The molecule has 0 bridgehead atoms. The fourth-order valence-corrected chi connectivity index (χ4v) is 4.66. The van der Waals surface area contributed by atoms with E-state index in [-0.39, 0.29) is 5.41 Å². The van der Waals surface area contributed by atoms with Crippen molar-refractivity contribution >= 4 is 0 Å². The lowest BCUT2D eigenvalue weighted by Gasteiger charge is -2.33. The highest BCUT2D eigenvalue weighted by molar-refractivity contribution is 5.48. The summed E-state index contributed by atoms with van der Waals surface area (Å²) in [6.07, 6.45) is 2.86. The first-order valence-corrected chi connectivity index (χ1v) is 11.5. The van der Waals surface area contributed by atoms with E-state index in [1.165, 1.54) is 22.3 Å². The molecule has 0 aliphatic carbocycles. The van der Waals surface area contributed by atoms with E-state index in [1.54, 1.807) is 6.26 Å². The molecule has 0 radical (unpaired) electrons. The topological polar surface area (TPSA) is 38.1 Å². The van der Waals surface area contributed by atoms with E-state index in [0.29, 0.717) is 13.5 Å². The number of hydrogen-bond acceptors (Lipinski definition) is 5. The molecule has 32 heavy (non-hydrogen) atoms. The van der Waals surface area contributed by atoms with Crippen LogP contribution in [-0.2, 0) is 25.0 Å². The van der Waals surface area contributed by atoms with Crippen molar-refractivity contribution in [3.05, 3.63) is 82.8 Å². The molecule has 2 aliphatic heterocycles. The molecule has 0 atom stereocenters. The molecule has 0 N–H and O–H groups in total. The maximum Gasteiger partial charge on any atom is 0.142 e. The van der Waals surface area contributed by atoms with E-state index in [9.17, 15) is 0 Å². The van der Waals surface area contributed by atoms with Crippen LogP contribution in [0.1, 0.15) is 55.2 Å². The van der Waals surface area contributed by atoms with Crippen LogP contribution in [-0.4, -0.2) is 29.8 Å². The SMILES string of the molecule is CCCN1COc2cc(C(C)(C)c3ccc4c(c3)OCN(Cc3ccco3)C4)ccc2C1. The summed E-state index contributed by atoms with van der Waals surface area (Å²) in [6.45, 7) is 11.6. The maximum absolute atomic E-state index is 6.14. The van der Waals surface area contributed by atoms with Crippen molar-refractivity contribution in [1.82, 2.24) is 9.80 Å². The lowest BCUT2D eigenvalue weighted by atomic mass is 9.77. The fourth-order valence-electron chi connectivity index (χ4n) is 4.66.